The lowest BCUT2D eigenvalue weighted by atomic mass is 9.98. The number of nitrogens with zero attached hydrogens (tertiary/aromatic N) is 4. The van der Waals surface area contributed by atoms with Crippen LogP contribution >= 0.6 is 11.8 Å². The molecule has 6 heteroatoms. The third-order valence-corrected chi connectivity index (χ3v) is 4.51. The van der Waals surface area contributed by atoms with E-state index in [1.807, 2.05) is 30.5 Å². The molecule has 5 nitrogen and oxygen atoms in total. The fourth-order valence-corrected chi connectivity index (χ4v) is 2.88. The summed E-state index contributed by atoms with van der Waals surface area (Å²) >= 11 is 1.61. The third-order valence-electron chi connectivity index (χ3n) is 3.88. The third kappa shape index (κ3) is 3.88. The van der Waals surface area contributed by atoms with Crippen molar-refractivity contribution >= 4 is 17.6 Å². The van der Waals surface area contributed by atoms with Crippen molar-refractivity contribution in [3.05, 3.63) is 36.5 Å². The molecule has 0 N–H and O–H groups in total. The second kappa shape index (κ2) is 7.45. The van der Waals surface area contributed by atoms with Crippen LogP contribution in [-0.4, -0.2) is 41.1 Å². The van der Waals surface area contributed by atoms with Crippen molar-refractivity contribution in [2.75, 3.05) is 30.9 Å². The molecule has 0 aliphatic carbocycles. The molecule has 0 bridgehead atoms. The van der Waals surface area contributed by atoms with Gasteiger partial charge in [0.15, 0.2) is 5.82 Å². The van der Waals surface area contributed by atoms with Gasteiger partial charge in [-0.2, -0.15) is 0 Å². The monoisotopic (exact) mass is 316 g/mol. The van der Waals surface area contributed by atoms with E-state index < -0.39 is 0 Å². The van der Waals surface area contributed by atoms with Crippen LogP contribution in [0.3, 0.4) is 0 Å². The van der Waals surface area contributed by atoms with Crippen molar-refractivity contribution in [2.45, 2.75) is 17.9 Å². The first-order valence-corrected chi connectivity index (χ1v) is 8.74. The summed E-state index contributed by atoms with van der Waals surface area (Å²) in [6.45, 7) is 2.75. The zero-order valence-corrected chi connectivity index (χ0v) is 13.5. The highest BCUT2D eigenvalue weighted by atomic mass is 32.2. The van der Waals surface area contributed by atoms with E-state index in [0.717, 1.165) is 43.4 Å². The number of piperidine rings is 1. The fourth-order valence-electron chi connectivity index (χ4n) is 2.55. The molecule has 1 aliphatic rings. The standard InChI is InChI=1S/C16H20N4OS/c1-22-16-6-5-14(18-19-16)20-10-7-13(8-11-20)12-21-15-4-2-3-9-17-15/h2-6,9,13H,7-8,10-12H2,1H3. The van der Waals surface area contributed by atoms with Crippen LogP contribution in [-0.2, 0) is 0 Å². The predicted molar refractivity (Wildman–Crippen MR) is 88.5 cm³/mol. The maximum absolute atomic E-state index is 5.76. The van der Waals surface area contributed by atoms with Crippen LogP contribution in [0.4, 0.5) is 5.82 Å². The van der Waals surface area contributed by atoms with Gasteiger partial charge < -0.3 is 9.64 Å². The van der Waals surface area contributed by atoms with Crippen LogP contribution in [0.15, 0.2) is 41.6 Å². The number of pyridine rings is 1. The summed E-state index contributed by atoms with van der Waals surface area (Å²) in [4.78, 5) is 6.49. The molecular weight excluding hydrogens is 296 g/mol. The highest BCUT2D eigenvalue weighted by Gasteiger charge is 2.21. The summed E-state index contributed by atoms with van der Waals surface area (Å²) in [6, 6.07) is 9.83. The zero-order valence-electron chi connectivity index (χ0n) is 12.7. The molecule has 1 aliphatic heterocycles. The van der Waals surface area contributed by atoms with Crippen LogP contribution in [0.5, 0.6) is 5.88 Å². The van der Waals surface area contributed by atoms with Crippen molar-refractivity contribution < 1.29 is 4.74 Å². The number of thioether (sulfide) groups is 1. The normalized spacial score (nSPS) is 15.8. The van der Waals surface area contributed by atoms with E-state index in [0.29, 0.717) is 11.8 Å². The molecule has 0 saturated carbocycles. The zero-order chi connectivity index (χ0) is 15.2. The smallest absolute Gasteiger partial charge is 0.213 e. The lowest BCUT2D eigenvalue weighted by Crippen LogP contribution is -2.36. The first-order valence-electron chi connectivity index (χ1n) is 7.51. The molecule has 116 valence electrons. The number of anilines is 1. The van der Waals surface area contributed by atoms with Gasteiger partial charge in [-0.1, -0.05) is 6.07 Å². The van der Waals surface area contributed by atoms with E-state index >= 15 is 0 Å². The molecule has 0 atom stereocenters. The first-order chi connectivity index (χ1) is 10.8. The molecule has 0 unspecified atom stereocenters. The fraction of sp³-hybridized carbons (Fsp3) is 0.438. The number of hydrogen-bond acceptors (Lipinski definition) is 6. The second-order valence-corrected chi connectivity index (χ2v) is 6.17. The van der Waals surface area contributed by atoms with Crippen molar-refractivity contribution in [1.82, 2.24) is 15.2 Å². The molecular formula is C16H20N4OS. The molecule has 2 aromatic heterocycles. The molecule has 2 aromatic rings. The van der Waals surface area contributed by atoms with Crippen LogP contribution in [0, 0.1) is 5.92 Å². The summed E-state index contributed by atoms with van der Waals surface area (Å²) in [7, 11) is 0. The molecule has 1 saturated heterocycles. The average molecular weight is 316 g/mol. The Hall–Kier alpha value is -1.82. The van der Waals surface area contributed by atoms with Gasteiger partial charge in [0.25, 0.3) is 0 Å². The van der Waals surface area contributed by atoms with E-state index in [4.69, 9.17) is 4.74 Å². The van der Waals surface area contributed by atoms with Crippen molar-refractivity contribution in [3.8, 4) is 5.88 Å². The van der Waals surface area contributed by atoms with Crippen molar-refractivity contribution in [3.63, 3.8) is 0 Å². The van der Waals surface area contributed by atoms with E-state index in [9.17, 15) is 0 Å². The number of rotatable bonds is 5. The Labute approximate surface area is 135 Å². The highest BCUT2D eigenvalue weighted by molar-refractivity contribution is 7.98. The van der Waals surface area contributed by atoms with Gasteiger partial charge in [-0.25, -0.2) is 4.98 Å². The predicted octanol–water partition coefficient (Wildman–Crippen LogP) is 2.89. The van der Waals surface area contributed by atoms with Crippen LogP contribution in [0.2, 0.25) is 0 Å². The topological polar surface area (TPSA) is 51.1 Å². The van der Waals surface area contributed by atoms with E-state index in [1.54, 1.807) is 18.0 Å². The number of ether oxygens (including phenoxy) is 1. The Morgan fingerprint density at radius 3 is 2.68 bits per heavy atom. The van der Waals surface area contributed by atoms with Gasteiger partial charge >= 0.3 is 0 Å². The minimum absolute atomic E-state index is 0.580. The van der Waals surface area contributed by atoms with Crippen molar-refractivity contribution in [1.29, 1.82) is 0 Å². The Kier molecular flexibility index (Phi) is 5.11. The Balaban J connectivity index is 1.47. The van der Waals surface area contributed by atoms with Crippen LogP contribution < -0.4 is 9.64 Å². The van der Waals surface area contributed by atoms with E-state index in [-0.39, 0.29) is 0 Å². The average Bonchev–Trinajstić information content (AvgIpc) is 2.61. The Bertz CT molecular complexity index is 570. The SMILES string of the molecule is CSc1ccc(N2CCC(COc3ccccn3)CC2)nn1. The van der Waals surface area contributed by atoms with Gasteiger partial charge in [-0.3, -0.25) is 0 Å². The largest absolute Gasteiger partial charge is 0.477 e. The molecule has 3 heterocycles. The van der Waals surface area contributed by atoms with Gasteiger partial charge in [0.2, 0.25) is 5.88 Å². The number of aromatic nitrogens is 3. The lowest BCUT2D eigenvalue weighted by Gasteiger charge is -2.32. The van der Waals surface area contributed by atoms with Gasteiger partial charge in [-0.15, -0.1) is 22.0 Å². The van der Waals surface area contributed by atoms with Crippen LogP contribution in [0.1, 0.15) is 12.8 Å². The summed E-state index contributed by atoms with van der Waals surface area (Å²) in [6.07, 6.45) is 5.99. The Morgan fingerprint density at radius 2 is 2.05 bits per heavy atom. The molecule has 0 radical (unpaired) electrons. The molecule has 22 heavy (non-hydrogen) atoms. The molecule has 3 rings (SSSR count). The second-order valence-electron chi connectivity index (χ2n) is 5.34. The van der Waals surface area contributed by atoms with Crippen LogP contribution in [0.25, 0.3) is 0 Å². The molecule has 0 amide bonds. The van der Waals surface area contributed by atoms with Crippen molar-refractivity contribution in [2.24, 2.45) is 5.92 Å². The highest BCUT2D eigenvalue weighted by Crippen LogP contribution is 2.23. The number of hydrogen-bond donors (Lipinski definition) is 0. The minimum Gasteiger partial charge on any atom is -0.477 e. The maximum atomic E-state index is 5.76. The Morgan fingerprint density at radius 1 is 1.18 bits per heavy atom. The maximum Gasteiger partial charge on any atom is 0.213 e. The summed E-state index contributed by atoms with van der Waals surface area (Å²) in [5.41, 5.74) is 0. The van der Waals surface area contributed by atoms with E-state index in [2.05, 4.69) is 26.1 Å². The van der Waals surface area contributed by atoms with Gasteiger partial charge in [0.05, 0.1) is 6.61 Å². The molecule has 1 fully saturated rings. The molecule has 0 aromatic carbocycles. The summed E-state index contributed by atoms with van der Waals surface area (Å²) < 4.78 is 5.76. The molecule has 0 spiro atoms. The van der Waals surface area contributed by atoms with Gasteiger partial charge in [0.1, 0.15) is 5.03 Å². The first kappa shape index (κ1) is 15.1. The quantitative estimate of drug-likeness (QED) is 0.791. The van der Waals surface area contributed by atoms with E-state index in [1.165, 1.54) is 0 Å². The van der Waals surface area contributed by atoms with Gasteiger partial charge in [0, 0.05) is 25.4 Å². The lowest BCUT2D eigenvalue weighted by molar-refractivity contribution is 0.216. The van der Waals surface area contributed by atoms with Gasteiger partial charge in [-0.05, 0) is 43.2 Å². The minimum atomic E-state index is 0.580. The summed E-state index contributed by atoms with van der Waals surface area (Å²) in [5, 5.41) is 9.47. The summed E-state index contributed by atoms with van der Waals surface area (Å²) in [5.74, 6) is 2.27.